The van der Waals surface area contributed by atoms with Crippen LogP contribution in [0.1, 0.15) is 35.5 Å². The first kappa shape index (κ1) is 21.2. The quantitative estimate of drug-likeness (QED) is 0.613. The molecule has 8 nitrogen and oxygen atoms in total. The van der Waals surface area contributed by atoms with Gasteiger partial charge in [-0.15, -0.1) is 13.2 Å². The van der Waals surface area contributed by atoms with Crippen molar-refractivity contribution in [1.29, 1.82) is 0 Å². The van der Waals surface area contributed by atoms with Crippen LogP contribution in [0.4, 0.5) is 13.2 Å². The smallest absolute Gasteiger partial charge is 0.404 e. The Morgan fingerprint density at radius 3 is 2.65 bits per heavy atom. The first-order valence-corrected chi connectivity index (χ1v) is 9.82. The molecule has 0 spiro atoms. The van der Waals surface area contributed by atoms with Crippen LogP contribution in [0, 0.1) is 0 Å². The summed E-state index contributed by atoms with van der Waals surface area (Å²) < 4.78 is 42.7. The number of aromatic amines is 1. The lowest BCUT2D eigenvalue weighted by Gasteiger charge is -2.19. The molecule has 1 aliphatic carbocycles. The molecule has 1 aliphatic rings. The standard InChI is InChI=1S/C19H17ClF3N5O3/c20-11-5-13-14(6-15(11)31-19(21,22)23)26-17(25-13)7-12-9-3-1-2-4-10(9)18(30)28(27-12)8-16(24)29/h5-6H,1-4,7-8H2,(H2,24,29)(H,25,26). The van der Waals surface area contributed by atoms with Crippen molar-refractivity contribution in [1.82, 2.24) is 19.7 Å². The summed E-state index contributed by atoms with van der Waals surface area (Å²) in [7, 11) is 0. The number of primary amides is 1. The number of aromatic nitrogens is 4. The largest absolute Gasteiger partial charge is 0.573 e. The number of amides is 1. The van der Waals surface area contributed by atoms with Gasteiger partial charge in [0.15, 0.2) is 0 Å². The zero-order valence-electron chi connectivity index (χ0n) is 16.1. The van der Waals surface area contributed by atoms with E-state index < -0.39 is 18.0 Å². The Morgan fingerprint density at radius 2 is 1.97 bits per heavy atom. The molecule has 0 radical (unpaired) electrons. The predicted molar refractivity (Wildman–Crippen MR) is 105 cm³/mol. The number of hydrogen-bond donors (Lipinski definition) is 2. The monoisotopic (exact) mass is 455 g/mol. The highest BCUT2D eigenvalue weighted by Crippen LogP contribution is 2.33. The molecular formula is C19H17ClF3N5O3. The fourth-order valence-electron chi connectivity index (χ4n) is 3.77. The molecule has 3 aromatic rings. The normalized spacial score (nSPS) is 13.9. The van der Waals surface area contributed by atoms with E-state index >= 15 is 0 Å². The lowest BCUT2D eigenvalue weighted by atomic mass is 9.91. The number of rotatable bonds is 5. The van der Waals surface area contributed by atoms with E-state index in [4.69, 9.17) is 17.3 Å². The van der Waals surface area contributed by atoms with Crippen LogP contribution in [-0.2, 0) is 30.6 Å². The molecule has 0 atom stereocenters. The van der Waals surface area contributed by atoms with Crippen molar-refractivity contribution in [2.75, 3.05) is 0 Å². The van der Waals surface area contributed by atoms with Gasteiger partial charge in [-0.05, 0) is 37.3 Å². The molecule has 4 rings (SSSR count). The second-order valence-corrected chi connectivity index (χ2v) is 7.66. The van der Waals surface area contributed by atoms with Gasteiger partial charge in [0, 0.05) is 11.6 Å². The van der Waals surface area contributed by atoms with Gasteiger partial charge in [0.2, 0.25) is 5.91 Å². The molecule has 0 saturated carbocycles. The number of nitrogens with zero attached hydrogens (tertiary/aromatic N) is 3. The van der Waals surface area contributed by atoms with Crippen LogP contribution in [0.3, 0.4) is 0 Å². The first-order valence-electron chi connectivity index (χ1n) is 9.44. The summed E-state index contributed by atoms with van der Waals surface area (Å²) in [6, 6.07) is 2.40. The maximum Gasteiger partial charge on any atom is 0.573 e. The Morgan fingerprint density at radius 1 is 1.26 bits per heavy atom. The molecule has 31 heavy (non-hydrogen) atoms. The molecular weight excluding hydrogens is 439 g/mol. The minimum atomic E-state index is -4.88. The number of benzene rings is 1. The zero-order valence-corrected chi connectivity index (χ0v) is 16.8. The Hall–Kier alpha value is -3.08. The van der Waals surface area contributed by atoms with E-state index in [1.807, 2.05) is 0 Å². The van der Waals surface area contributed by atoms with Crippen molar-refractivity contribution in [3.05, 3.63) is 50.2 Å². The van der Waals surface area contributed by atoms with Crippen molar-refractivity contribution < 1.29 is 22.7 Å². The van der Waals surface area contributed by atoms with Crippen molar-refractivity contribution in [3.8, 4) is 5.75 Å². The van der Waals surface area contributed by atoms with Gasteiger partial charge in [-0.1, -0.05) is 11.6 Å². The Kier molecular flexibility index (Phi) is 5.38. The maximum absolute atomic E-state index is 12.6. The molecule has 0 aliphatic heterocycles. The summed E-state index contributed by atoms with van der Waals surface area (Å²) >= 11 is 5.89. The van der Waals surface area contributed by atoms with E-state index in [0.717, 1.165) is 29.2 Å². The lowest BCUT2D eigenvalue weighted by Crippen LogP contribution is -2.35. The lowest BCUT2D eigenvalue weighted by molar-refractivity contribution is -0.274. The average molecular weight is 456 g/mol. The number of hydrogen-bond acceptors (Lipinski definition) is 5. The number of carbonyl (C=O) groups excluding carboxylic acids is 1. The van der Waals surface area contributed by atoms with E-state index in [-0.39, 0.29) is 29.1 Å². The Balaban J connectivity index is 1.73. The third kappa shape index (κ3) is 4.50. The Bertz CT molecular complexity index is 1240. The molecule has 3 N–H and O–H groups in total. The summed E-state index contributed by atoms with van der Waals surface area (Å²) in [5, 5.41) is 4.10. The maximum atomic E-state index is 12.6. The van der Waals surface area contributed by atoms with Gasteiger partial charge >= 0.3 is 6.36 Å². The molecule has 2 heterocycles. The third-order valence-corrected chi connectivity index (χ3v) is 5.30. The van der Waals surface area contributed by atoms with Crippen LogP contribution >= 0.6 is 11.6 Å². The van der Waals surface area contributed by atoms with E-state index in [1.54, 1.807) is 0 Å². The Labute approximate surface area is 178 Å². The van der Waals surface area contributed by atoms with E-state index in [0.29, 0.717) is 35.4 Å². The molecule has 1 aromatic carbocycles. The highest BCUT2D eigenvalue weighted by molar-refractivity contribution is 6.32. The van der Waals surface area contributed by atoms with Crippen LogP contribution in [-0.4, -0.2) is 32.0 Å². The van der Waals surface area contributed by atoms with E-state index in [1.165, 1.54) is 6.07 Å². The van der Waals surface area contributed by atoms with Gasteiger partial charge in [0.25, 0.3) is 5.56 Å². The van der Waals surface area contributed by atoms with Crippen LogP contribution in [0.5, 0.6) is 5.75 Å². The van der Waals surface area contributed by atoms with Crippen molar-refractivity contribution >= 4 is 28.5 Å². The molecule has 12 heteroatoms. The van der Waals surface area contributed by atoms with Gasteiger partial charge in [-0.3, -0.25) is 9.59 Å². The third-order valence-electron chi connectivity index (χ3n) is 5.00. The van der Waals surface area contributed by atoms with Gasteiger partial charge in [-0.25, -0.2) is 9.67 Å². The number of halogens is 4. The van der Waals surface area contributed by atoms with Gasteiger partial charge < -0.3 is 15.5 Å². The second-order valence-electron chi connectivity index (χ2n) is 7.25. The summed E-state index contributed by atoms with van der Waals surface area (Å²) in [6.07, 6.45) is -1.70. The van der Waals surface area contributed by atoms with E-state index in [2.05, 4.69) is 19.8 Å². The summed E-state index contributed by atoms with van der Waals surface area (Å²) in [5.74, 6) is -0.822. The number of fused-ring (bicyclic) bond motifs is 2. The summed E-state index contributed by atoms with van der Waals surface area (Å²) in [5.41, 5.74) is 7.55. The average Bonchev–Trinajstić information content (AvgIpc) is 3.05. The fourth-order valence-corrected chi connectivity index (χ4v) is 3.98. The number of alkyl halides is 3. The SMILES string of the molecule is NC(=O)Cn1nc(Cc2nc3cc(OC(F)(F)F)c(Cl)cc3[nH]2)c2c(c1=O)CCCC2. The highest BCUT2D eigenvalue weighted by atomic mass is 35.5. The summed E-state index contributed by atoms with van der Waals surface area (Å²) in [6.45, 7) is -0.340. The zero-order chi connectivity index (χ0) is 22.3. The number of ether oxygens (including phenoxy) is 1. The number of imidazole rings is 1. The van der Waals surface area contributed by atoms with Gasteiger partial charge in [-0.2, -0.15) is 5.10 Å². The van der Waals surface area contributed by atoms with Crippen LogP contribution in [0.25, 0.3) is 11.0 Å². The second kappa shape index (κ2) is 7.88. The van der Waals surface area contributed by atoms with Crippen LogP contribution in [0.2, 0.25) is 5.02 Å². The highest BCUT2D eigenvalue weighted by Gasteiger charge is 2.32. The minimum Gasteiger partial charge on any atom is -0.404 e. The first-order chi connectivity index (χ1) is 14.6. The van der Waals surface area contributed by atoms with Gasteiger partial charge in [0.05, 0.1) is 28.2 Å². The summed E-state index contributed by atoms with van der Waals surface area (Å²) in [4.78, 5) is 31.3. The molecule has 2 aromatic heterocycles. The number of nitrogens with one attached hydrogen (secondary N) is 1. The number of nitrogens with two attached hydrogens (primary N) is 1. The number of H-pyrrole nitrogens is 1. The van der Waals surface area contributed by atoms with Crippen molar-refractivity contribution in [2.24, 2.45) is 5.73 Å². The van der Waals surface area contributed by atoms with Crippen molar-refractivity contribution in [2.45, 2.75) is 45.0 Å². The predicted octanol–water partition coefficient (Wildman–Crippen LogP) is 2.63. The topological polar surface area (TPSA) is 116 Å². The molecule has 164 valence electrons. The molecule has 1 amide bonds. The molecule has 0 bridgehead atoms. The van der Waals surface area contributed by atoms with Crippen LogP contribution in [0.15, 0.2) is 16.9 Å². The van der Waals surface area contributed by atoms with E-state index in [9.17, 15) is 22.8 Å². The van der Waals surface area contributed by atoms with Gasteiger partial charge in [0.1, 0.15) is 18.1 Å². The fraction of sp³-hybridized carbons (Fsp3) is 0.368. The number of carbonyl (C=O) groups is 1. The van der Waals surface area contributed by atoms with Crippen LogP contribution < -0.4 is 16.0 Å². The molecule has 0 fully saturated rings. The van der Waals surface area contributed by atoms with Crippen molar-refractivity contribution in [3.63, 3.8) is 0 Å². The molecule has 0 unspecified atom stereocenters. The minimum absolute atomic E-state index is 0.184. The molecule has 0 saturated heterocycles.